The molecular formula is C16H14N6O2. The molecule has 1 aliphatic rings. The van der Waals surface area contributed by atoms with Gasteiger partial charge in [0, 0.05) is 26.2 Å². The number of benzene rings is 1. The van der Waals surface area contributed by atoms with Crippen LogP contribution in [0.25, 0.3) is 11.3 Å². The SMILES string of the molecule is CN(C)C(=O)N=C1N=C=c2c([nH]n(-c3ccccc3)c2=O)=C1C=N. The van der Waals surface area contributed by atoms with Gasteiger partial charge in [-0.25, -0.2) is 9.48 Å². The van der Waals surface area contributed by atoms with Crippen molar-refractivity contribution in [1.82, 2.24) is 14.7 Å². The lowest BCUT2D eigenvalue weighted by Gasteiger charge is -2.07. The van der Waals surface area contributed by atoms with Gasteiger partial charge in [-0.3, -0.25) is 9.89 Å². The largest absolute Gasteiger partial charge is 0.345 e. The van der Waals surface area contributed by atoms with Crippen molar-refractivity contribution in [2.45, 2.75) is 0 Å². The maximum atomic E-state index is 12.5. The van der Waals surface area contributed by atoms with E-state index in [0.717, 1.165) is 6.21 Å². The molecule has 1 aromatic heterocycles. The van der Waals surface area contributed by atoms with E-state index in [1.165, 1.54) is 9.58 Å². The Bertz CT molecular complexity index is 1070. The summed E-state index contributed by atoms with van der Waals surface area (Å²) in [5, 5.41) is 11.1. The number of aromatic amines is 1. The van der Waals surface area contributed by atoms with Gasteiger partial charge in [-0.05, 0) is 12.1 Å². The van der Waals surface area contributed by atoms with Crippen LogP contribution in [0.2, 0.25) is 0 Å². The highest BCUT2D eigenvalue weighted by Gasteiger charge is 2.16. The van der Waals surface area contributed by atoms with E-state index < -0.39 is 6.03 Å². The molecular weight excluding hydrogens is 308 g/mol. The average Bonchev–Trinajstić information content (AvgIpc) is 2.92. The highest BCUT2D eigenvalue weighted by atomic mass is 16.2. The number of fused-ring (bicyclic) bond motifs is 1. The van der Waals surface area contributed by atoms with E-state index in [-0.39, 0.29) is 22.2 Å². The maximum absolute atomic E-state index is 12.5. The van der Waals surface area contributed by atoms with Gasteiger partial charge in [-0.2, -0.15) is 9.98 Å². The van der Waals surface area contributed by atoms with Crippen molar-refractivity contribution in [3.05, 3.63) is 51.3 Å². The molecule has 3 rings (SSSR count). The van der Waals surface area contributed by atoms with Crippen LogP contribution in [-0.2, 0) is 0 Å². The summed E-state index contributed by atoms with van der Waals surface area (Å²) in [5.41, 5.74) is 0.564. The van der Waals surface area contributed by atoms with Gasteiger partial charge in [0.1, 0.15) is 5.22 Å². The van der Waals surface area contributed by atoms with Crippen LogP contribution in [0.5, 0.6) is 0 Å². The van der Waals surface area contributed by atoms with Gasteiger partial charge >= 0.3 is 6.03 Å². The van der Waals surface area contributed by atoms with Crippen molar-refractivity contribution in [2.75, 3.05) is 14.1 Å². The molecule has 8 heteroatoms. The minimum Gasteiger partial charge on any atom is -0.329 e. The fourth-order valence-corrected chi connectivity index (χ4v) is 2.19. The minimum atomic E-state index is -0.511. The molecule has 2 heterocycles. The van der Waals surface area contributed by atoms with Crippen molar-refractivity contribution < 1.29 is 4.79 Å². The molecule has 0 unspecified atom stereocenters. The Kier molecular flexibility index (Phi) is 3.81. The molecule has 0 fully saturated rings. The number of aliphatic imine (C=N–C) groups is 2. The summed E-state index contributed by atoms with van der Waals surface area (Å²) in [6.07, 6.45) is 1.01. The Hall–Kier alpha value is -3.51. The highest BCUT2D eigenvalue weighted by Crippen LogP contribution is 2.02. The summed E-state index contributed by atoms with van der Waals surface area (Å²) in [5.74, 6) is 2.65. The normalized spacial score (nSPS) is 14.2. The van der Waals surface area contributed by atoms with E-state index in [2.05, 4.69) is 21.0 Å². The zero-order valence-electron chi connectivity index (χ0n) is 13.1. The Morgan fingerprint density at radius 3 is 2.71 bits per heavy atom. The third-order valence-electron chi connectivity index (χ3n) is 3.42. The summed E-state index contributed by atoms with van der Waals surface area (Å²) < 4.78 is 1.34. The van der Waals surface area contributed by atoms with Crippen molar-refractivity contribution >= 4 is 29.5 Å². The number of hydrogen-bond acceptors (Lipinski definition) is 3. The standard InChI is InChI=1S/C16H14N6O2/c1-21(2)16(24)19-14-11(8-17)13-12(9-18-14)15(23)22(20-13)10-6-4-3-5-7-10/h3-8,17,20H,1-2H3. The zero-order chi connectivity index (χ0) is 17.3. The van der Waals surface area contributed by atoms with Crippen molar-refractivity contribution in [2.24, 2.45) is 9.98 Å². The van der Waals surface area contributed by atoms with Crippen LogP contribution in [-0.4, -0.2) is 52.7 Å². The fraction of sp³-hybridized carbons (Fsp3) is 0.125. The summed E-state index contributed by atoms with van der Waals surface area (Å²) in [7, 11) is 3.12. The van der Waals surface area contributed by atoms with E-state index in [9.17, 15) is 9.59 Å². The summed E-state index contributed by atoms with van der Waals surface area (Å²) in [6.45, 7) is 0. The van der Waals surface area contributed by atoms with Crippen LogP contribution in [0, 0.1) is 5.41 Å². The minimum absolute atomic E-state index is 0.0395. The first-order valence-electron chi connectivity index (χ1n) is 7.08. The number of rotatable bonds is 2. The number of urea groups is 1. The molecule has 2 N–H and O–H groups in total. The molecule has 24 heavy (non-hydrogen) atoms. The van der Waals surface area contributed by atoms with E-state index >= 15 is 0 Å². The van der Waals surface area contributed by atoms with Gasteiger partial charge in [0.05, 0.1) is 16.6 Å². The fourth-order valence-electron chi connectivity index (χ4n) is 2.19. The second kappa shape index (κ2) is 5.94. The molecule has 8 nitrogen and oxygen atoms in total. The van der Waals surface area contributed by atoms with E-state index in [4.69, 9.17) is 5.41 Å². The molecule has 0 bridgehead atoms. The monoisotopic (exact) mass is 322 g/mol. The molecule has 0 spiro atoms. The van der Waals surface area contributed by atoms with Gasteiger partial charge in [0.25, 0.3) is 5.56 Å². The van der Waals surface area contributed by atoms with Gasteiger partial charge < -0.3 is 10.3 Å². The van der Waals surface area contributed by atoms with E-state index in [0.29, 0.717) is 11.0 Å². The number of carbonyl (C=O) groups excluding carboxylic acids is 1. The highest BCUT2D eigenvalue weighted by molar-refractivity contribution is 6.38. The van der Waals surface area contributed by atoms with Gasteiger partial charge in [-0.15, -0.1) is 0 Å². The second-order valence-electron chi connectivity index (χ2n) is 5.23. The van der Waals surface area contributed by atoms with Crippen LogP contribution in [0.4, 0.5) is 4.79 Å². The van der Waals surface area contributed by atoms with E-state index in [1.807, 2.05) is 18.2 Å². The van der Waals surface area contributed by atoms with Crippen molar-refractivity contribution in [1.29, 1.82) is 5.41 Å². The Labute approximate surface area is 136 Å². The van der Waals surface area contributed by atoms with Crippen LogP contribution in [0.15, 0.2) is 45.1 Å². The third-order valence-corrected chi connectivity index (χ3v) is 3.42. The average molecular weight is 322 g/mol. The number of hydrogen-bond donors (Lipinski definition) is 2. The van der Waals surface area contributed by atoms with Crippen molar-refractivity contribution in [3.8, 4) is 5.69 Å². The van der Waals surface area contributed by atoms with Gasteiger partial charge in [0.15, 0.2) is 5.84 Å². The molecule has 2 aromatic rings. The quantitative estimate of drug-likeness (QED) is 0.721. The Balaban J connectivity index is 2.28. The van der Waals surface area contributed by atoms with Crippen LogP contribution in [0.1, 0.15) is 0 Å². The maximum Gasteiger partial charge on any atom is 0.345 e. The van der Waals surface area contributed by atoms with Gasteiger partial charge in [-0.1, -0.05) is 18.2 Å². The lowest BCUT2D eigenvalue weighted by Crippen LogP contribution is -2.40. The first-order chi connectivity index (χ1) is 11.5. The number of nitrogens with one attached hydrogen (secondary N) is 2. The molecule has 2 amide bonds. The molecule has 0 saturated heterocycles. The molecule has 0 radical (unpaired) electrons. The summed E-state index contributed by atoms with van der Waals surface area (Å²) >= 11 is 0. The topological polar surface area (TPSA) is 107 Å². The lowest BCUT2D eigenvalue weighted by atomic mass is 10.2. The van der Waals surface area contributed by atoms with Gasteiger partial charge in [0.2, 0.25) is 0 Å². The number of amidine groups is 1. The third kappa shape index (κ3) is 2.51. The molecule has 0 saturated carbocycles. The van der Waals surface area contributed by atoms with Crippen LogP contribution in [0.3, 0.4) is 0 Å². The summed E-state index contributed by atoms with van der Waals surface area (Å²) in [6, 6.07) is 8.50. The molecule has 1 aliphatic heterocycles. The predicted octanol–water partition coefficient (Wildman–Crippen LogP) is -0.599. The van der Waals surface area contributed by atoms with Crippen LogP contribution >= 0.6 is 0 Å². The number of nitrogens with zero attached hydrogens (tertiary/aromatic N) is 4. The number of carbonyl (C=O) groups is 1. The van der Waals surface area contributed by atoms with E-state index in [1.54, 1.807) is 26.2 Å². The Morgan fingerprint density at radius 2 is 2.08 bits per heavy atom. The van der Waals surface area contributed by atoms with Crippen LogP contribution < -0.4 is 16.1 Å². The molecule has 0 atom stereocenters. The second-order valence-corrected chi connectivity index (χ2v) is 5.23. The molecule has 120 valence electrons. The number of H-pyrrole nitrogens is 1. The van der Waals surface area contributed by atoms with Crippen molar-refractivity contribution in [3.63, 3.8) is 0 Å². The smallest absolute Gasteiger partial charge is 0.329 e. The number of amides is 2. The number of aromatic nitrogens is 2. The first kappa shape index (κ1) is 15.4. The summed E-state index contributed by atoms with van der Waals surface area (Å²) in [4.78, 5) is 33.4. The lowest BCUT2D eigenvalue weighted by molar-refractivity contribution is 0.227. The molecule has 0 aliphatic carbocycles. The number of para-hydroxylation sites is 1. The predicted molar refractivity (Wildman–Crippen MR) is 90.9 cm³/mol. The first-order valence-corrected chi connectivity index (χ1v) is 7.08. The zero-order valence-corrected chi connectivity index (χ0v) is 13.1. The Morgan fingerprint density at radius 1 is 1.38 bits per heavy atom. The molecule has 1 aromatic carbocycles.